The molecule has 2 aliphatic rings. The molecule has 0 amide bonds. The molecule has 17 heavy (non-hydrogen) atoms. The third-order valence-electron chi connectivity index (χ3n) is 3.50. The summed E-state index contributed by atoms with van der Waals surface area (Å²) in [6.07, 6.45) is 8.88. The monoisotopic (exact) mass is 245 g/mol. The number of rotatable bonds is 2. The molecule has 88 valence electrons. The number of anilines is 1. The Morgan fingerprint density at radius 2 is 2.24 bits per heavy atom. The zero-order valence-electron chi connectivity index (χ0n) is 9.47. The SMILES string of the molecule is S=C(Nc1ccccn1)NC1CC2C=CC1C2. The molecule has 3 rings (SSSR count). The molecular weight excluding hydrogens is 230 g/mol. The van der Waals surface area contributed by atoms with Crippen molar-refractivity contribution in [3.05, 3.63) is 36.5 Å². The first-order valence-electron chi connectivity index (χ1n) is 5.98. The molecule has 1 saturated carbocycles. The van der Waals surface area contributed by atoms with Crippen molar-refractivity contribution in [1.82, 2.24) is 10.3 Å². The molecule has 3 atom stereocenters. The molecule has 2 bridgehead atoms. The number of nitrogens with one attached hydrogen (secondary N) is 2. The van der Waals surface area contributed by atoms with Crippen LogP contribution < -0.4 is 10.6 Å². The van der Waals surface area contributed by atoms with Crippen LogP contribution in [0.25, 0.3) is 0 Å². The molecule has 2 aliphatic carbocycles. The summed E-state index contributed by atoms with van der Waals surface area (Å²) < 4.78 is 0. The van der Waals surface area contributed by atoms with Crippen LogP contribution in [0, 0.1) is 11.8 Å². The Kier molecular flexibility index (Phi) is 2.81. The minimum absolute atomic E-state index is 0.494. The van der Waals surface area contributed by atoms with E-state index in [9.17, 15) is 0 Å². The van der Waals surface area contributed by atoms with Crippen LogP contribution >= 0.6 is 12.2 Å². The number of nitrogens with zero attached hydrogens (tertiary/aromatic N) is 1. The smallest absolute Gasteiger partial charge is 0.172 e. The molecule has 1 heterocycles. The lowest BCUT2D eigenvalue weighted by molar-refractivity contribution is 0.526. The summed E-state index contributed by atoms with van der Waals surface area (Å²) in [6.45, 7) is 0. The topological polar surface area (TPSA) is 37.0 Å². The van der Waals surface area contributed by atoms with E-state index in [1.165, 1.54) is 12.8 Å². The lowest BCUT2D eigenvalue weighted by Crippen LogP contribution is -2.40. The second-order valence-electron chi connectivity index (χ2n) is 4.70. The number of hydrogen-bond acceptors (Lipinski definition) is 2. The highest BCUT2D eigenvalue weighted by Gasteiger charge is 2.35. The maximum atomic E-state index is 5.30. The molecule has 3 nitrogen and oxygen atoms in total. The molecule has 2 N–H and O–H groups in total. The van der Waals surface area contributed by atoms with Crippen molar-refractivity contribution in [2.24, 2.45) is 11.8 Å². The van der Waals surface area contributed by atoms with Gasteiger partial charge in [-0.15, -0.1) is 0 Å². The first-order chi connectivity index (χ1) is 8.31. The van der Waals surface area contributed by atoms with Crippen molar-refractivity contribution in [3.63, 3.8) is 0 Å². The van der Waals surface area contributed by atoms with Gasteiger partial charge in [-0.2, -0.15) is 0 Å². The van der Waals surface area contributed by atoms with E-state index in [2.05, 4.69) is 27.8 Å². The van der Waals surface area contributed by atoms with Crippen LogP contribution in [0.5, 0.6) is 0 Å². The van der Waals surface area contributed by atoms with Gasteiger partial charge in [0.15, 0.2) is 5.11 Å². The number of fused-ring (bicyclic) bond motifs is 2. The minimum atomic E-state index is 0.494. The van der Waals surface area contributed by atoms with Gasteiger partial charge in [0.1, 0.15) is 5.82 Å². The summed E-state index contributed by atoms with van der Waals surface area (Å²) in [5, 5.41) is 7.18. The molecule has 0 aromatic carbocycles. The van der Waals surface area contributed by atoms with Gasteiger partial charge in [-0.05, 0) is 49.0 Å². The lowest BCUT2D eigenvalue weighted by Gasteiger charge is -2.21. The van der Waals surface area contributed by atoms with Gasteiger partial charge in [0.25, 0.3) is 0 Å². The van der Waals surface area contributed by atoms with Gasteiger partial charge < -0.3 is 10.6 Å². The summed E-state index contributed by atoms with van der Waals surface area (Å²) in [7, 11) is 0. The lowest BCUT2D eigenvalue weighted by atomic mass is 10.0. The predicted octanol–water partition coefficient (Wildman–Crippen LogP) is 2.33. The van der Waals surface area contributed by atoms with E-state index in [0.717, 1.165) is 11.7 Å². The van der Waals surface area contributed by atoms with Crippen LogP contribution in [-0.2, 0) is 0 Å². The van der Waals surface area contributed by atoms with Gasteiger partial charge in [-0.1, -0.05) is 18.2 Å². The fourth-order valence-electron chi connectivity index (χ4n) is 2.70. The molecule has 0 radical (unpaired) electrons. The highest BCUT2D eigenvalue weighted by Crippen LogP contribution is 2.38. The number of pyridine rings is 1. The minimum Gasteiger partial charge on any atom is -0.359 e. The Hall–Kier alpha value is -1.42. The van der Waals surface area contributed by atoms with Crippen LogP contribution in [-0.4, -0.2) is 16.1 Å². The van der Waals surface area contributed by atoms with Crippen molar-refractivity contribution in [1.29, 1.82) is 0 Å². The first kappa shape index (κ1) is 10.7. The van der Waals surface area contributed by atoms with E-state index in [4.69, 9.17) is 12.2 Å². The van der Waals surface area contributed by atoms with E-state index in [1.54, 1.807) is 6.20 Å². The second-order valence-corrected chi connectivity index (χ2v) is 5.11. The number of allylic oxidation sites excluding steroid dienone is 1. The van der Waals surface area contributed by atoms with Crippen LogP contribution in [0.15, 0.2) is 36.5 Å². The molecule has 1 aromatic heterocycles. The van der Waals surface area contributed by atoms with Gasteiger partial charge in [-0.25, -0.2) is 4.98 Å². The van der Waals surface area contributed by atoms with Crippen LogP contribution in [0.3, 0.4) is 0 Å². The molecule has 3 unspecified atom stereocenters. The van der Waals surface area contributed by atoms with Gasteiger partial charge in [0.05, 0.1) is 0 Å². The molecule has 1 aromatic rings. The van der Waals surface area contributed by atoms with E-state index >= 15 is 0 Å². The van der Waals surface area contributed by atoms with E-state index in [-0.39, 0.29) is 0 Å². The number of aromatic nitrogens is 1. The summed E-state index contributed by atoms with van der Waals surface area (Å²) >= 11 is 5.30. The van der Waals surface area contributed by atoms with Gasteiger partial charge in [-0.3, -0.25) is 0 Å². The standard InChI is InChI=1S/C13H15N3S/c17-13(16-12-3-1-2-6-14-12)15-11-8-9-4-5-10(11)7-9/h1-6,9-11H,7-8H2,(H2,14,15,16,17). The molecule has 0 spiro atoms. The van der Waals surface area contributed by atoms with E-state index in [1.807, 2.05) is 18.2 Å². The summed E-state index contributed by atoms with van der Waals surface area (Å²) in [5.41, 5.74) is 0. The molecule has 4 heteroatoms. The third-order valence-corrected chi connectivity index (χ3v) is 3.72. The number of thiocarbonyl (C=S) groups is 1. The molecule has 0 saturated heterocycles. The predicted molar refractivity (Wildman–Crippen MR) is 72.7 cm³/mol. The van der Waals surface area contributed by atoms with Crippen molar-refractivity contribution in [2.45, 2.75) is 18.9 Å². The Balaban J connectivity index is 1.56. The van der Waals surface area contributed by atoms with Crippen molar-refractivity contribution in [3.8, 4) is 0 Å². The zero-order valence-corrected chi connectivity index (χ0v) is 10.3. The normalized spacial score (nSPS) is 29.3. The Labute approximate surface area is 106 Å². The first-order valence-corrected chi connectivity index (χ1v) is 6.39. The van der Waals surface area contributed by atoms with Crippen molar-refractivity contribution >= 4 is 23.1 Å². The van der Waals surface area contributed by atoms with Gasteiger partial charge in [0.2, 0.25) is 0 Å². The van der Waals surface area contributed by atoms with E-state index in [0.29, 0.717) is 17.1 Å². The highest BCUT2D eigenvalue weighted by atomic mass is 32.1. The Bertz CT molecular complexity index is 443. The zero-order chi connectivity index (χ0) is 11.7. The summed E-state index contributed by atoms with van der Waals surface area (Å²) in [6, 6.07) is 6.24. The van der Waals surface area contributed by atoms with Gasteiger partial charge >= 0.3 is 0 Å². The molecular formula is C13H15N3S. The molecule has 1 fully saturated rings. The van der Waals surface area contributed by atoms with E-state index < -0.39 is 0 Å². The van der Waals surface area contributed by atoms with Crippen molar-refractivity contribution < 1.29 is 0 Å². The highest BCUT2D eigenvalue weighted by molar-refractivity contribution is 7.80. The summed E-state index contributed by atoms with van der Waals surface area (Å²) in [4.78, 5) is 4.19. The fourth-order valence-corrected chi connectivity index (χ4v) is 2.96. The van der Waals surface area contributed by atoms with Crippen LogP contribution in [0.1, 0.15) is 12.8 Å². The van der Waals surface area contributed by atoms with Crippen LogP contribution in [0.2, 0.25) is 0 Å². The number of hydrogen-bond donors (Lipinski definition) is 2. The van der Waals surface area contributed by atoms with Crippen LogP contribution in [0.4, 0.5) is 5.82 Å². The fraction of sp³-hybridized carbons (Fsp3) is 0.385. The Morgan fingerprint density at radius 1 is 1.29 bits per heavy atom. The average Bonchev–Trinajstić information content (AvgIpc) is 2.92. The maximum absolute atomic E-state index is 5.30. The quantitative estimate of drug-likeness (QED) is 0.619. The second kappa shape index (κ2) is 4.45. The Morgan fingerprint density at radius 3 is 2.88 bits per heavy atom. The third kappa shape index (κ3) is 2.31. The maximum Gasteiger partial charge on any atom is 0.172 e. The van der Waals surface area contributed by atoms with Crippen molar-refractivity contribution in [2.75, 3.05) is 5.32 Å². The molecule has 0 aliphatic heterocycles. The van der Waals surface area contributed by atoms with Gasteiger partial charge in [0, 0.05) is 12.2 Å². The largest absolute Gasteiger partial charge is 0.359 e. The average molecular weight is 245 g/mol. The summed E-state index contributed by atoms with van der Waals surface area (Å²) in [5.74, 6) is 2.21.